The molecule has 0 saturated heterocycles. The average Bonchev–Trinajstić information content (AvgIpc) is 2.80. The maximum atomic E-state index is 12.1. The number of rotatable bonds is 4. The van der Waals surface area contributed by atoms with Crippen LogP contribution in [0.2, 0.25) is 5.02 Å². The molecule has 1 aromatic heterocycles. The number of aromatic nitrogens is 1. The number of aryl methyl sites for hydroxylation is 2. The summed E-state index contributed by atoms with van der Waals surface area (Å²) in [6, 6.07) is 12.6. The van der Waals surface area contributed by atoms with Crippen LogP contribution in [0, 0.1) is 0 Å². The number of fused-ring (bicyclic) bond motifs is 1. The van der Waals surface area contributed by atoms with Crippen LogP contribution in [0.4, 0.5) is 5.69 Å². The minimum Gasteiger partial charge on any atom is -0.408 e. The normalized spacial score (nSPS) is 10.9. The van der Waals surface area contributed by atoms with Crippen molar-refractivity contribution in [2.45, 2.75) is 12.8 Å². The second-order valence-corrected chi connectivity index (χ2v) is 5.72. The van der Waals surface area contributed by atoms with Crippen LogP contribution in [0.3, 0.4) is 0 Å². The van der Waals surface area contributed by atoms with Crippen molar-refractivity contribution in [3.8, 4) is 0 Å². The second-order valence-electron chi connectivity index (χ2n) is 5.29. The summed E-state index contributed by atoms with van der Waals surface area (Å²) in [5.74, 6) is -0.526. The number of nitrogens with zero attached hydrogens (tertiary/aromatic N) is 1. The van der Waals surface area contributed by atoms with E-state index in [1.54, 1.807) is 31.3 Å². The molecule has 0 aliphatic carbocycles. The van der Waals surface area contributed by atoms with Gasteiger partial charge in [0.25, 0.3) is 0 Å². The maximum Gasteiger partial charge on any atom is 0.419 e. The van der Waals surface area contributed by atoms with Gasteiger partial charge in [0, 0.05) is 24.2 Å². The van der Waals surface area contributed by atoms with Crippen LogP contribution in [0.5, 0.6) is 0 Å². The molecule has 2 aromatic carbocycles. The summed E-state index contributed by atoms with van der Waals surface area (Å²) in [6.07, 6.45) is 0.960. The smallest absolute Gasteiger partial charge is 0.408 e. The summed E-state index contributed by atoms with van der Waals surface area (Å²) in [5.41, 5.74) is 2.78. The Balaban J connectivity index is 1.68. The number of oxazole rings is 1. The van der Waals surface area contributed by atoms with Gasteiger partial charge < -0.3 is 9.73 Å². The highest BCUT2D eigenvalue weighted by Crippen LogP contribution is 2.18. The lowest BCUT2D eigenvalue weighted by atomic mass is 10.1. The molecule has 0 aliphatic rings. The first-order chi connectivity index (χ1) is 11.0. The van der Waals surface area contributed by atoms with Gasteiger partial charge in [-0.2, -0.15) is 0 Å². The third-order valence-electron chi connectivity index (χ3n) is 3.60. The van der Waals surface area contributed by atoms with E-state index in [-0.39, 0.29) is 5.91 Å². The van der Waals surface area contributed by atoms with E-state index in [0.29, 0.717) is 34.7 Å². The van der Waals surface area contributed by atoms with Gasteiger partial charge in [0.05, 0.1) is 5.52 Å². The van der Waals surface area contributed by atoms with E-state index in [4.69, 9.17) is 16.0 Å². The highest BCUT2D eigenvalue weighted by molar-refractivity contribution is 6.30. The monoisotopic (exact) mass is 330 g/mol. The molecule has 3 aromatic rings. The Morgan fingerprint density at radius 1 is 1.26 bits per heavy atom. The zero-order valence-electron chi connectivity index (χ0n) is 12.5. The lowest BCUT2D eigenvalue weighted by Crippen LogP contribution is -2.12. The molecule has 1 heterocycles. The molecular formula is C17H15ClN2O3. The van der Waals surface area contributed by atoms with Crippen LogP contribution in [0.1, 0.15) is 12.0 Å². The highest BCUT2D eigenvalue weighted by Gasteiger charge is 2.08. The van der Waals surface area contributed by atoms with E-state index in [9.17, 15) is 9.59 Å². The number of hydrogen-bond acceptors (Lipinski definition) is 3. The first-order valence-corrected chi connectivity index (χ1v) is 7.54. The van der Waals surface area contributed by atoms with Gasteiger partial charge >= 0.3 is 5.76 Å². The number of hydrogen-bond donors (Lipinski definition) is 1. The van der Waals surface area contributed by atoms with E-state index in [1.807, 2.05) is 18.2 Å². The molecule has 6 heteroatoms. The zero-order valence-corrected chi connectivity index (χ0v) is 13.3. The molecule has 0 fully saturated rings. The molecule has 0 bridgehead atoms. The van der Waals surface area contributed by atoms with Crippen molar-refractivity contribution in [3.63, 3.8) is 0 Å². The number of amides is 1. The van der Waals surface area contributed by atoms with E-state index in [2.05, 4.69) is 5.32 Å². The Bertz CT molecular complexity index is 927. The Hall–Kier alpha value is -2.53. The molecule has 3 rings (SSSR count). The van der Waals surface area contributed by atoms with Gasteiger partial charge in [-0.25, -0.2) is 4.79 Å². The van der Waals surface area contributed by atoms with Gasteiger partial charge in [-0.1, -0.05) is 23.7 Å². The zero-order chi connectivity index (χ0) is 16.4. The minimum atomic E-state index is -0.426. The molecule has 0 spiro atoms. The highest BCUT2D eigenvalue weighted by atomic mass is 35.5. The van der Waals surface area contributed by atoms with Crippen LogP contribution in [0.15, 0.2) is 51.7 Å². The number of halogens is 1. The number of carbonyl (C=O) groups excluding carboxylic acids is 1. The van der Waals surface area contributed by atoms with Crippen molar-refractivity contribution in [2.24, 2.45) is 7.05 Å². The Kier molecular flexibility index (Phi) is 4.21. The summed E-state index contributed by atoms with van der Waals surface area (Å²) in [6.45, 7) is 0. The average molecular weight is 331 g/mol. The van der Waals surface area contributed by atoms with E-state index in [0.717, 1.165) is 5.56 Å². The molecule has 0 aliphatic heterocycles. The van der Waals surface area contributed by atoms with E-state index in [1.165, 1.54) is 4.57 Å². The quantitative estimate of drug-likeness (QED) is 0.797. The van der Waals surface area contributed by atoms with Gasteiger partial charge in [-0.3, -0.25) is 9.36 Å². The van der Waals surface area contributed by atoms with Crippen molar-refractivity contribution >= 4 is 34.3 Å². The summed E-state index contributed by atoms with van der Waals surface area (Å²) < 4.78 is 6.46. The van der Waals surface area contributed by atoms with Crippen LogP contribution >= 0.6 is 11.6 Å². The van der Waals surface area contributed by atoms with Gasteiger partial charge in [0.1, 0.15) is 0 Å². The Morgan fingerprint density at radius 3 is 2.87 bits per heavy atom. The van der Waals surface area contributed by atoms with Gasteiger partial charge in [-0.15, -0.1) is 0 Å². The summed E-state index contributed by atoms with van der Waals surface area (Å²) in [4.78, 5) is 23.5. The van der Waals surface area contributed by atoms with Crippen LogP contribution in [-0.4, -0.2) is 10.5 Å². The first-order valence-electron chi connectivity index (χ1n) is 7.17. The van der Waals surface area contributed by atoms with E-state index >= 15 is 0 Å². The number of benzene rings is 2. The van der Waals surface area contributed by atoms with Gasteiger partial charge in [0.15, 0.2) is 5.58 Å². The number of carbonyl (C=O) groups is 1. The van der Waals surface area contributed by atoms with E-state index < -0.39 is 5.76 Å². The number of nitrogens with one attached hydrogen (secondary N) is 1. The predicted octanol–water partition coefficient (Wildman–Crippen LogP) is 3.36. The van der Waals surface area contributed by atoms with Crippen molar-refractivity contribution in [1.29, 1.82) is 0 Å². The first kappa shape index (κ1) is 15.4. The fourth-order valence-electron chi connectivity index (χ4n) is 2.38. The molecule has 1 N–H and O–H groups in total. The lowest BCUT2D eigenvalue weighted by Gasteiger charge is -2.06. The largest absolute Gasteiger partial charge is 0.419 e. The van der Waals surface area contributed by atoms with Crippen molar-refractivity contribution in [1.82, 2.24) is 4.57 Å². The summed E-state index contributed by atoms with van der Waals surface area (Å²) in [5, 5.41) is 3.49. The molecule has 0 atom stereocenters. The van der Waals surface area contributed by atoms with Crippen molar-refractivity contribution < 1.29 is 9.21 Å². The molecule has 5 nitrogen and oxygen atoms in total. The molecule has 0 radical (unpaired) electrons. The van der Waals surface area contributed by atoms with Crippen molar-refractivity contribution in [3.05, 3.63) is 63.6 Å². The fourth-order valence-corrected chi connectivity index (χ4v) is 2.59. The SMILES string of the molecule is Cn1c(=O)oc2ccc(NC(=O)CCc3cccc(Cl)c3)cc21. The fraction of sp³-hybridized carbons (Fsp3) is 0.176. The van der Waals surface area contributed by atoms with Crippen molar-refractivity contribution in [2.75, 3.05) is 5.32 Å². The molecule has 23 heavy (non-hydrogen) atoms. The van der Waals surface area contributed by atoms with Crippen LogP contribution in [-0.2, 0) is 18.3 Å². The molecule has 118 valence electrons. The number of anilines is 1. The van der Waals surface area contributed by atoms with Crippen LogP contribution in [0.25, 0.3) is 11.1 Å². The maximum absolute atomic E-state index is 12.1. The molecular weight excluding hydrogens is 316 g/mol. The topological polar surface area (TPSA) is 64.2 Å². The minimum absolute atomic E-state index is 0.0992. The van der Waals surface area contributed by atoms with Gasteiger partial charge in [-0.05, 0) is 42.3 Å². The summed E-state index contributed by atoms with van der Waals surface area (Å²) >= 11 is 5.92. The predicted molar refractivity (Wildman–Crippen MR) is 89.9 cm³/mol. The molecule has 1 amide bonds. The third kappa shape index (κ3) is 3.46. The standard InChI is InChI=1S/C17H15ClN2O3/c1-20-14-10-13(6-7-15(14)23-17(20)22)19-16(21)8-5-11-3-2-4-12(18)9-11/h2-4,6-7,9-10H,5,8H2,1H3,(H,19,21). The second kappa shape index (κ2) is 6.30. The third-order valence-corrected chi connectivity index (χ3v) is 3.84. The van der Waals surface area contributed by atoms with Gasteiger partial charge in [0.2, 0.25) is 5.91 Å². The Morgan fingerprint density at radius 2 is 2.09 bits per heavy atom. The Labute approximate surface area is 137 Å². The van der Waals surface area contributed by atoms with Crippen LogP contribution < -0.4 is 11.1 Å². The summed E-state index contributed by atoms with van der Waals surface area (Å²) in [7, 11) is 1.62. The lowest BCUT2D eigenvalue weighted by molar-refractivity contribution is -0.116. The molecule has 0 saturated carbocycles. The molecule has 0 unspecified atom stereocenters.